The number of aliphatic hydroxyl groups is 1. The van der Waals surface area contributed by atoms with E-state index < -0.39 is 0 Å². The predicted molar refractivity (Wildman–Crippen MR) is 98.8 cm³/mol. The number of rotatable bonds is 6. The van der Waals surface area contributed by atoms with Gasteiger partial charge in [-0.25, -0.2) is 4.79 Å². The van der Waals surface area contributed by atoms with Crippen LogP contribution in [0, 0.1) is 0 Å². The lowest BCUT2D eigenvalue weighted by Gasteiger charge is -2.22. The van der Waals surface area contributed by atoms with Crippen molar-refractivity contribution >= 4 is 33.7 Å². The van der Waals surface area contributed by atoms with Crippen LogP contribution in [0.15, 0.2) is 46.9 Å². The largest absolute Gasteiger partial charge is 0.456 e. The van der Waals surface area contributed by atoms with Crippen molar-refractivity contribution in [1.29, 1.82) is 0 Å². The summed E-state index contributed by atoms with van der Waals surface area (Å²) < 4.78 is 5.88. The van der Waals surface area contributed by atoms with E-state index >= 15 is 0 Å². The Morgan fingerprint density at radius 1 is 1.12 bits per heavy atom. The third-order valence-electron chi connectivity index (χ3n) is 4.69. The van der Waals surface area contributed by atoms with Crippen LogP contribution in [-0.4, -0.2) is 35.2 Å². The number of para-hydroxylation sites is 1. The number of fused-ring (bicyclic) bond motifs is 3. The maximum absolute atomic E-state index is 12.6. The Kier molecular flexibility index (Phi) is 4.32. The Hall–Kier alpha value is -2.53. The van der Waals surface area contributed by atoms with Crippen LogP contribution < -0.4 is 5.32 Å². The van der Waals surface area contributed by atoms with Gasteiger partial charge in [-0.1, -0.05) is 18.2 Å². The molecule has 0 bridgehead atoms. The van der Waals surface area contributed by atoms with E-state index in [0.29, 0.717) is 12.6 Å². The molecule has 0 radical (unpaired) electrons. The normalized spacial score (nSPS) is 14.1. The summed E-state index contributed by atoms with van der Waals surface area (Å²) in [7, 11) is 0. The molecule has 1 fully saturated rings. The summed E-state index contributed by atoms with van der Waals surface area (Å²) in [5.74, 6) is 0. The lowest BCUT2D eigenvalue weighted by molar-refractivity contribution is 0.204. The van der Waals surface area contributed by atoms with Crippen LogP contribution >= 0.6 is 0 Å². The van der Waals surface area contributed by atoms with Gasteiger partial charge in [-0.05, 0) is 43.9 Å². The van der Waals surface area contributed by atoms with Crippen LogP contribution in [-0.2, 0) is 0 Å². The number of benzene rings is 2. The Balaban J connectivity index is 1.52. The van der Waals surface area contributed by atoms with E-state index in [1.54, 1.807) is 0 Å². The number of carbonyl (C=O) groups excluding carboxylic acids is 1. The highest BCUT2D eigenvalue weighted by atomic mass is 16.3. The monoisotopic (exact) mass is 338 g/mol. The Morgan fingerprint density at radius 3 is 2.72 bits per heavy atom. The first-order chi connectivity index (χ1) is 12.3. The van der Waals surface area contributed by atoms with Crippen LogP contribution in [0.1, 0.15) is 25.7 Å². The molecule has 3 aromatic rings. The molecule has 4 rings (SSSR count). The molecular formula is C20H22N2O3. The summed E-state index contributed by atoms with van der Waals surface area (Å²) in [4.78, 5) is 14.5. The predicted octanol–water partition coefficient (Wildman–Crippen LogP) is 4.35. The highest BCUT2D eigenvalue weighted by molar-refractivity contribution is 6.06. The third-order valence-corrected chi connectivity index (χ3v) is 4.69. The van der Waals surface area contributed by atoms with E-state index in [2.05, 4.69) is 5.32 Å². The van der Waals surface area contributed by atoms with Crippen molar-refractivity contribution in [3.05, 3.63) is 42.5 Å². The highest BCUT2D eigenvalue weighted by Gasteiger charge is 2.32. The summed E-state index contributed by atoms with van der Waals surface area (Å²) in [5.41, 5.74) is 2.37. The number of urea groups is 1. The summed E-state index contributed by atoms with van der Waals surface area (Å²) >= 11 is 0. The minimum atomic E-state index is -0.0732. The van der Waals surface area contributed by atoms with Gasteiger partial charge in [0.15, 0.2) is 0 Å². The van der Waals surface area contributed by atoms with E-state index in [-0.39, 0.29) is 12.6 Å². The smallest absolute Gasteiger partial charge is 0.322 e. The number of anilines is 1. The molecule has 2 N–H and O–H groups in total. The molecule has 1 aliphatic rings. The third kappa shape index (κ3) is 3.33. The molecule has 2 aromatic carbocycles. The maximum Gasteiger partial charge on any atom is 0.322 e. The molecular weight excluding hydrogens is 316 g/mol. The van der Waals surface area contributed by atoms with Crippen LogP contribution in [0.5, 0.6) is 0 Å². The van der Waals surface area contributed by atoms with Crippen molar-refractivity contribution in [2.24, 2.45) is 0 Å². The summed E-state index contributed by atoms with van der Waals surface area (Å²) in [5, 5.41) is 14.1. The number of amides is 2. The lowest BCUT2D eigenvalue weighted by atomic mass is 10.1. The number of nitrogens with zero attached hydrogens (tertiary/aromatic N) is 1. The number of carbonyl (C=O) groups is 1. The van der Waals surface area contributed by atoms with E-state index in [1.165, 1.54) is 0 Å². The van der Waals surface area contributed by atoms with Crippen molar-refractivity contribution in [2.75, 3.05) is 18.5 Å². The molecule has 5 heteroatoms. The van der Waals surface area contributed by atoms with Gasteiger partial charge in [0.25, 0.3) is 0 Å². The van der Waals surface area contributed by atoms with Gasteiger partial charge in [0, 0.05) is 41.7 Å². The molecule has 0 unspecified atom stereocenters. The first kappa shape index (κ1) is 16.0. The number of unbranched alkanes of at least 4 members (excludes halogenated alkanes) is 1. The number of furan rings is 1. The first-order valence-electron chi connectivity index (χ1n) is 8.86. The molecule has 0 saturated heterocycles. The Morgan fingerprint density at radius 2 is 1.92 bits per heavy atom. The zero-order valence-electron chi connectivity index (χ0n) is 14.1. The van der Waals surface area contributed by atoms with Gasteiger partial charge in [0.2, 0.25) is 0 Å². The molecule has 2 amide bonds. The van der Waals surface area contributed by atoms with Gasteiger partial charge >= 0.3 is 6.03 Å². The quantitative estimate of drug-likeness (QED) is 0.657. The van der Waals surface area contributed by atoms with Gasteiger partial charge in [-0.15, -0.1) is 0 Å². The maximum atomic E-state index is 12.6. The second-order valence-electron chi connectivity index (χ2n) is 6.59. The van der Waals surface area contributed by atoms with Crippen molar-refractivity contribution in [2.45, 2.75) is 31.7 Å². The zero-order chi connectivity index (χ0) is 17.2. The minimum Gasteiger partial charge on any atom is -0.456 e. The van der Waals surface area contributed by atoms with Gasteiger partial charge in [-0.3, -0.25) is 0 Å². The fraction of sp³-hybridized carbons (Fsp3) is 0.350. The first-order valence-corrected chi connectivity index (χ1v) is 8.86. The summed E-state index contributed by atoms with van der Waals surface area (Å²) in [6.45, 7) is 0.854. The molecule has 5 nitrogen and oxygen atoms in total. The van der Waals surface area contributed by atoms with Gasteiger partial charge in [0.1, 0.15) is 11.2 Å². The molecule has 1 saturated carbocycles. The van der Waals surface area contributed by atoms with E-state index in [9.17, 15) is 4.79 Å². The van der Waals surface area contributed by atoms with E-state index in [0.717, 1.165) is 53.3 Å². The average molecular weight is 338 g/mol. The molecule has 0 atom stereocenters. The minimum absolute atomic E-state index is 0.0732. The van der Waals surface area contributed by atoms with E-state index in [4.69, 9.17) is 9.52 Å². The van der Waals surface area contributed by atoms with Crippen LogP contribution in [0.4, 0.5) is 10.5 Å². The Bertz CT molecular complexity index is 898. The zero-order valence-corrected chi connectivity index (χ0v) is 14.1. The van der Waals surface area contributed by atoms with Gasteiger partial charge in [0.05, 0.1) is 0 Å². The standard InChI is InChI=1S/C20H22N2O3/c23-12-4-3-11-22(15-8-9-15)20(24)21-14-7-10-17-16-5-1-2-6-18(16)25-19(17)13-14/h1-2,5-7,10,13,15,23H,3-4,8-9,11-12H2,(H,21,24). The van der Waals surface area contributed by atoms with Crippen LogP contribution in [0.25, 0.3) is 21.9 Å². The Labute approximate surface area is 146 Å². The van der Waals surface area contributed by atoms with Crippen molar-refractivity contribution in [1.82, 2.24) is 4.90 Å². The van der Waals surface area contributed by atoms with Crippen LogP contribution in [0.3, 0.4) is 0 Å². The molecule has 130 valence electrons. The van der Waals surface area contributed by atoms with Crippen LogP contribution in [0.2, 0.25) is 0 Å². The number of hydrogen-bond donors (Lipinski definition) is 2. The van der Waals surface area contributed by atoms with Crippen molar-refractivity contribution in [3.63, 3.8) is 0 Å². The van der Waals surface area contributed by atoms with Crippen molar-refractivity contribution in [3.8, 4) is 0 Å². The fourth-order valence-electron chi connectivity index (χ4n) is 3.23. The highest BCUT2D eigenvalue weighted by Crippen LogP contribution is 2.31. The molecule has 1 aromatic heterocycles. The second kappa shape index (κ2) is 6.76. The van der Waals surface area contributed by atoms with Gasteiger partial charge in [-0.2, -0.15) is 0 Å². The van der Waals surface area contributed by atoms with E-state index in [1.807, 2.05) is 47.4 Å². The van der Waals surface area contributed by atoms with Gasteiger partial charge < -0.3 is 19.7 Å². The second-order valence-corrected chi connectivity index (χ2v) is 6.59. The molecule has 1 heterocycles. The fourth-order valence-corrected chi connectivity index (χ4v) is 3.23. The van der Waals surface area contributed by atoms with Crippen molar-refractivity contribution < 1.29 is 14.3 Å². The molecule has 1 aliphatic carbocycles. The molecule has 0 spiro atoms. The summed E-state index contributed by atoms with van der Waals surface area (Å²) in [6, 6.07) is 14.0. The number of nitrogens with one attached hydrogen (secondary N) is 1. The topological polar surface area (TPSA) is 65.7 Å². The summed E-state index contributed by atoms with van der Waals surface area (Å²) in [6.07, 6.45) is 3.68. The number of hydrogen-bond acceptors (Lipinski definition) is 3. The average Bonchev–Trinajstić information content (AvgIpc) is 3.38. The lowest BCUT2D eigenvalue weighted by Crippen LogP contribution is -2.37. The number of aliphatic hydroxyl groups excluding tert-OH is 1. The molecule has 0 aliphatic heterocycles. The SMILES string of the molecule is O=C(Nc1ccc2c(c1)oc1ccccc12)N(CCCCO)C1CC1. The molecule has 25 heavy (non-hydrogen) atoms.